The molecule has 8 aromatic carbocycles. The number of aromatic hydroxyl groups is 3. The van der Waals surface area contributed by atoms with E-state index in [0.29, 0.717) is 68.2 Å². The molecule has 0 bridgehead atoms. The highest BCUT2D eigenvalue weighted by Gasteiger charge is 2.11. The van der Waals surface area contributed by atoms with E-state index in [9.17, 15) is 34.5 Å². The van der Waals surface area contributed by atoms with Crippen LogP contribution in [-0.2, 0) is 44.9 Å². The molecule has 0 aliphatic rings. The third-order valence-electron chi connectivity index (χ3n) is 13.7. The largest absolute Gasteiger partial charge is 0.508 e. The third kappa shape index (κ3) is 31.2. The van der Waals surface area contributed by atoms with Gasteiger partial charge in [0, 0.05) is 93.3 Å². The van der Waals surface area contributed by atoms with E-state index in [2.05, 4.69) is 36.4 Å². The van der Waals surface area contributed by atoms with Crippen LogP contribution in [0.5, 0.6) is 17.2 Å². The van der Waals surface area contributed by atoms with E-state index in [1.807, 2.05) is 133 Å². The zero-order valence-corrected chi connectivity index (χ0v) is 54.9. The Kier molecular flexibility index (Phi) is 36.3. The number of nitrogen functional groups attached to an aromatic ring is 1. The fourth-order valence-corrected chi connectivity index (χ4v) is 13.2. The molecule has 464 valence electrons. The Morgan fingerprint density at radius 3 is 0.955 bits per heavy atom. The van der Waals surface area contributed by atoms with Crippen molar-refractivity contribution in [2.75, 3.05) is 28.7 Å². The van der Waals surface area contributed by atoms with E-state index in [1.165, 1.54) is 9.79 Å². The van der Waals surface area contributed by atoms with E-state index < -0.39 is 0 Å². The molecule has 0 unspecified atom stereocenters. The van der Waals surface area contributed by atoms with Gasteiger partial charge in [-0.3, -0.25) is 19.2 Å². The highest BCUT2D eigenvalue weighted by Crippen LogP contribution is 2.30. The minimum atomic E-state index is 0.181. The monoisotopic (exact) mass is 1300 g/mol. The molecular formula is C74H83Cl2NO7S4. The first-order valence-electron chi connectivity index (χ1n) is 30.2. The van der Waals surface area contributed by atoms with Gasteiger partial charge in [-0.05, 0) is 146 Å². The summed E-state index contributed by atoms with van der Waals surface area (Å²) in [5.74, 6) is 5.55. The summed E-state index contributed by atoms with van der Waals surface area (Å²) in [6.07, 6.45) is 13.9. The summed E-state index contributed by atoms with van der Waals surface area (Å²) < 4.78 is 0. The number of carbonyl (C=O) groups is 4. The van der Waals surface area contributed by atoms with Crippen LogP contribution < -0.4 is 5.73 Å². The van der Waals surface area contributed by atoms with Gasteiger partial charge in [0.1, 0.15) is 40.4 Å². The van der Waals surface area contributed by atoms with Gasteiger partial charge in [-0.25, -0.2) is 0 Å². The molecule has 0 amide bonds. The van der Waals surface area contributed by atoms with Gasteiger partial charge in [0.15, 0.2) is 0 Å². The van der Waals surface area contributed by atoms with Gasteiger partial charge < -0.3 is 21.1 Å². The lowest BCUT2D eigenvalue weighted by atomic mass is 10.0. The Balaban J connectivity index is 0.000000214. The number of benzene rings is 8. The third-order valence-corrected chi connectivity index (χ3v) is 19.1. The zero-order chi connectivity index (χ0) is 62.8. The topological polar surface area (TPSA) is 155 Å². The van der Waals surface area contributed by atoms with Crippen molar-refractivity contribution < 1.29 is 34.5 Å². The first kappa shape index (κ1) is 72.4. The number of Topliss-reactive ketones (excluding diaryl/α,β-unsaturated/α-hetero) is 4. The standard InChI is InChI=1S/C19H22ClNOS.C19H21ClO2S.C19H22O2S.C17H18O2S/c20-17-10-4-6-12-19(17)23-13-7-1-2-9-16(22)14-15-8-3-5-11-18(15)21;20-17-10-4-6-12-19(17)23-13-7-1-2-9-16(21)14-15-8-3-5-11-18(15)22;20-17(15-16-9-6-7-13-19(16)21)10-3-2-8-14-22-18-11-4-1-5-12-18;18-15(13-14-7-4-5-11-17(14)19)8-6-12-20-16-9-2-1-3-10-16/h3-6,8,10-12H,1-2,7,9,13-14,21H2;3-6,8,10-12,22H,1-2,7,9,13-14H2;1,4-7,9,11-13,21H,2-3,8,10,14-15H2;1-5,7,9-11,19H,6,8,12-13H2. The molecule has 0 heterocycles. The fraction of sp³-hybridized carbons (Fsp3) is 0.297. The van der Waals surface area contributed by atoms with Crippen LogP contribution in [0.3, 0.4) is 0 Å². The van der Waals surface area contributed by atoms with Crippen molar-refractivity contribution in [2.24, 2.45) is 0 Å². The number of unbranched alkanes of at least 4 members (excludes halogenated alkanes) is 6. The van der Waals surface area contributed by atoms with Crippen molar-refractivity contribution in [3.63, 3.8) is 0 Å². The van der Waals surface area contributed by atoms with Gasteiger partial charge in [0.25, 0.3) is 0 Å². The smallest absolute Gasteiger partial charge is 0.137 e. The van der Waals surface area contributed by atoms with Crippen LogP contribution in [0.2, 0.25) is 10.0 Å². The number of thioether (sulfide) groups is 4. The first-order chi connectivity index (χ1) is 42.8. The summed E-state index contributed by atoms with van der Waals surface area (Å²) >= 11 is 19.4. The molecule has 8 nitrogen and oxygen atoms in total. The van der Waals surface area contributed by atoms with Crippen molar-refractivity contribution in [2.45, 2.75) is 135 Å². The maximum absolute atomic E-state index is 12.0. The number of hydrogen-bond acceptors (Lipinski definition) is 12. The van der Waals surface area contributed by atoms with E-state index in [0.717, 1.165) is 118 Å². The lowest BCUT2D eigenvalue weighted by molar-refractivity contribution is -0.119. The lowest BCUT2D eigenvalue weighted by Crippen LogP contribution is -2.05. The minimum absolute atomic E-state index is 0.181. The average molecular weight is 1300 g/mol. The highest BCUT2D eigenvalue weighted by atomic mass is 35.5. The minimum Gasteiger partial charge on any atom is -0.508 e. The molecule has 0 saturated heterocycles. The first-order valence-corrected chi connectivity index (χ1v) is 34.9. The van der Waals surface area contributed by atoms with Crippen molar-refractivity contribution in [1.82, 2.24) is 0 Å². The number of rotatable bonds is 34. The van der Waals surface area contributed by atoms with Gasteiger partial charge in [-0.15, -0.1) is 47.0 Å². The number of phenols is 3. The number of carbonyl (C=O) groups excluding carboxylic acids is 4. The van der Waals surface area contributed by atoms with Crippen LogP contribution in [-0.4, -0.2) is 61.5 Å². The second-order valence-electron chi connectivity index (χ2n) is 20.9. The Labute approximate surface area is 549 Å². The van der Waals surface area contributed by atoms with E-state index in [1.54, 1.807) is 83.8 Å². The van der Waals surface area contributed by atoms with Crippen LogP contribution in [0, 0.1) is 0 Å². The van der Waals surface area contributed by atoms with E-state index in [-0.39, 0.29) is 40.4 Å². The predicted molar refractivity (Wildman–Crippen MR) is 373 cm³/mol. The number of hydrogen-bond donors (Lipinski definition) is 4. The lowest BCUT2D eigenvalue weighted by Gasteiger charge is -2.05. The van der Waals surface area contributed by atoms with E-state index in [4.69, 9.17) is 28.9 Å². The molecule has 88 heavy (non-hydrogen) atoms. The van der Waals surface area contributed by atoms with Crippen molar-refractivity contribution in [3.8, 4) is 17.2 Å². The number of phenolic OH excluding ortho intramolecular Hbond substituents is 3. The van der Waals surface area contributed by atoms with Crippen LogP contribution in [0.15, 0.2) is 226 Å². The SMILES string of the molecule is Nc1ccccc1CC(=O)CCCCCSc1ccccc1Cl.O=C(CCCCCSc1ccccc1)Cc1ccccc1O.O=C(CCCCCSc1ccccc1Cl)Cc1ccccc1O.O=C(CCCSc1ccccc1)Cc1ccccc1O. The van der Waals surface area contributed by atoms with Gasteiger partial charge in [-0.2, -0.15) is 0 Å². The van der Waals surface area contributed by atoms with Crippen LogP contribution in [0.4, 0.5) is 5.69 Å². The molecule has 14 heteroatoms. The normalized spacial score (nSPS) is 10.6. The van der Waals surface area contributed by atoms with Gasteiger partial charge in [0.05, 0.1) is 10.0 Å². The molecular weight excluding hydrogens is 1210 g/mol. The zero-order valence-electron chi connectivity index (χ0n) is 50.1. The molecule has 0 spiro atoms. The van der Waals surface area contributed by atoms with Crippen molar-refractivity contribution in [3.05, 3.63) is 239 Å². The molecule has 0 fully saturated rings. The molecule has 8 aromatic rings. The number of nitrogens with two attached hydrogens (primary N) is 1. The number of para-hydroxylation sites is 4. The van der Waals surface area contributed by atoms with Crippen molar-refractivity contribution >= 4 is 99.1 Å². The Morgan fingerprint density at radius 1 is 0.307 bits per heavy atom. The molecule has 5 N–H and O–H groups in total. The molecule has 0 radical (unpaired) electrons. The summed E-state index contributed by atoms with van der Waals surface area (Å²) in [5, 5.41) is 30.6. The van der Waals surface area contributed by atoms with Crippen LogP contribution in [0.1, 0.15) is 112 Å². The molecule has 0 atom stereocenters. The maximum atomic E-state index is 12.0. The second kappa shape index (κ2) is 44.1. The summed E-state index contributed by atoms with van der Waals surface area (Å²) in [6, 6.07) is 65.0. The molecule has 0 aliphatic carbocycles. The second-order valence-corrected chi connectivity index (χ2v) is 26.3. The number of halogens is 2. The maximum Gasteiger partial charge on any atom is 0.137 e. The summed E-state index contributed by atoms with van der Waals surface area (Å²) in [7, 11) is 0. The predicted octanol–water partition coefficient (Wildman–Crippen LogP) is 19.8. The average Bonchev–Trinajstić information content (AvgIpc) is 3.66. The molecule has 8 rings (SSSR count). The van der Waals surface area contributed by atoms with Crippen LogP contribution in [0.25, 0.3) is 0 Å². The van der Waals surface area contributed by atoms with Gasteiger partial charge in [0.2, 0.25) is 0 Å². The highest BCUT2D eigenvalue weighted by molar-refractivity contribution is 8.00. The fourth-order valence-electron chi connectivity index (χ4n) is 8.85. The summed E-state index contributed by atoms with van der Waals surface area (Å²) in [5.41, 5.74) is 9.67. The number of anilines is 1. The van der Waals surface area contributed by atoms with E-state index >= 15 is 0 Å². The number of ketones is 4. The van der Waals surface area contributed by atoms with Crippen LogP contribution >= 0.6 is 70.2 Å². The molecule has 0 saturated carbocycles. The quantitative estimate of drug-likeness (QED) is 0.0172. The Bertz CT molecular complexity index is 3180. The molecule has 0 aromatic heterocycles. The van der Waals surface area contributed by atoms with Gasteiger partial charge in [-0.1, -0.05) is 176 Å². The van der Waals surface area contributed by atoms with Crippen molar-refractivity contribution in [1.29, 1.82) is 0 Å². The molecule has 0 aliphatic heterocycles. The summed E-state index contributed by atoms with van der Waals surface area (Å²) in [4.78, 5) is 52.5. The Morgan fingerprint density at radius 2 is 0.591 bits per heavy atom. The summed E-state index contributed by atoms with van der Waals surface area (Å²) in [6.45, 7) is 0. The van der Waals surface area contributed by atoms with Gasteiger partial charge >= 0.3 is 0 Å². The Hall–Kier alpha value is -6.38.